The monoisotopic (exact) mass is 443 g/mol. The first kappa shape index (κ1) is 21.1. The molecule has 2 aliphatic heterocycles. The lowest BCUT2D eigenvalue weighted by Crippen LogP contribution is -2.56. The number of nitrogens with one attached hydrogen (secondary N) is 1. The van der Waals surface area contributed by atoms with Crippen molar-refractivity contribution in [2.45, 2.75) is 6.04 Å². The van der Waals surface area contributed by atoms with Crippen LogP contribution in [-0.4, -0.2) is 72.4 Å². The number of hydrogen-bond donors (Lipinski definition) is 1. The zero-order valence-corrected chi connectivity index (χ0v) is 18.4. The molecule has 2 fully saturated rings. The van der Waals surface area contributed by atoms with Gasteiger partial charge in [0.05, 0.1) is 43.7 Å². The zero-order valence-electron chi connectivity index (χ0n) is 18.4. The molecule has 2 aliphatic rings. The maximum atomic E-state index is 9.39. The van der Waals surface area contributed by atoms with Crippen LogP contribution in [0.5, 0.6) is 5.88 Å². The molecule has 0 bridgehead atoms. The number of rotatable bonds is 6. The highest BCUT2D eigenvalue weighted by Crippen LogP contribution is 2.30. The van der Waals surface area contributed by atoms with Gasteiger partial charge in [-0.25, -0.2) is 9.97 Å². The molecule has 2 saturated heterocycles. The molecule has 0 saturated carbocycles. The van der Waals surface area contributed by atoms with Crippen LogP contribution in [0.15, 0.2) is 48.8 Å². The molecule has 0 radical (unpaired) electrons. The van der Waals surface area contributed by atoms with Crippen LogP contribution in [0.4, 0.5) is 17.3 Å². The Hall–Kier alpha value is -3.74. The fourth-order valence-electron chi connectivity index (χ4n) is 4.16. The lowest BCUT2D eigenvalue weighted by atomic mass is 10.1. The second-order valence-corrected chi connectivity index (χ2v) is 8.01. The first-order chi connectivity index (χ1) is 16.2. The van der Waals surface area contributed by atoms with Gasteiger partial charge in [0.25, 0.3) is 0 Å². The lowest BCUT2D eigenvalue weighted by Gasteiger charge is -2.43. The van der Waals surface area contributed by atoms with Gasteiger partial charge in [-0.1, -0.05) is 18.2 Å². The molecule has 2 aromatic heterocycles. The normalized spacial score (nSPS) is 16.7. The Balaban J connectivity index is 1.31. The maximum Gasteiger partial charge on any atom is 0.239 e. The van der Waals surface area contributed by atoms with E-state index in [1.54, 1.807) is 13.2 Å². The number of ether oxygens (including phenoxy) is 2. The van der Waals surface area contributed by atoms with Gasteiger partial charge in [-0.05, 0) is 18.2 Å². The van der Waals surface area contributed by atoms with E-state index in [2.05, 4.69) is 36.1 Å². The highest BCUT2D eigenvalue weighted by molar-refractivity contribution is 5.70. The average Bonchev–Trinajstić information content (AvgIpc) is 2.83. The van der Waals surface area contributed by atoms with Crippen LogP contribution in [0.25, 0.3) is 11.3 Å². The van der Waals surface area contributed by atoms with Crippen LogP contribution < -0.4 is 15.0 Å². The molecule has 1 aromatic carbocycles. The van der Waals surface area contributed by atoms with E-state index in [-0.39, 0.29) is 0 Å². The molecule has 9 nitrogen and oxygen atoms in total. The summed E-state index contributed by atoms with van der Waals surface area (Å²) in [5.74, 6) is 1.79. The topological polar surface area (TPSA) is 99.4 Å². The van der Waals surface area contributed by atoms with Gasteiger partial charge in [0.1, 0.15) is 23.7 Å². The maximum absolute atomic E-state index is 9.39. The molecule has 3 aromatic rings. The standard InChI is InChI=1S/C24H25N7O2/c1-32-24-21(31-10-8-30(9-11-31)18-14-33-15-18)6-7-22(29-24)28-23-12-20(26-16-27-23)19-5-3-2-4-17(19)13-25/h2-7,12,16,18H,8-11,14-15H2,1H3,(H,26,27,28,29). The van der Waals surface area contributed by atoms with E-state index in [1.807, 2.05) is 36.4 Å². The second-order valence-electron chi connectivity index (χ2n) is 8.01. The number of anilines is 3. The summed E-state index contributed by atoms with van der Waals surface area (Å²) < 4.78 is 10.9. The summed E-state index contributed by atoms with van der Waals surface area (Å²) in [5, 5.41) is 12.6. The van der Waals surface area contributed by atoms with Gasteiger partial charge in [0, 0.05) is 37.8 Å². The number of hydrogen-bond acceptors (Lipinski definition) is 9. The summed E-state index contributed by atoms with van der Waals surface area (Å²) in [6.45, 7) is 5.55. The minimum absolute atomic E-state index is 0.566. The number of pyridine rings is 1. The Morgan fingerprint density at radius 3 is 2.61 bits per heavy atom. The SMILES string of the molecule is COc1nc(Nc2cc(-c3ccccc3C#N)ncn2)ccc1N1CCN(C2COC2)CC1. The summed E-state index contributed by atoms with van der Waals surface area (Å²) in [4.78, 5) is 18.1. The number of benzene rings is 1. The minimum Gasteiger partial charge on any atom is -0.479 e. The molecule has 9 heteroatoms. The van der Waals surface area contributed by atoms with Crippen molar-refractivity contribution >= 4 is 17.3 Å². The molecule has 0 amide bonds. The molecule has 0 spiro atoms. The Morgan fingerprint density at radius 1 is 1.06 bits per heavy atom. The molecule has 0 aliphatic carbocycles. The average molecular weight is 444 g/mol. The van der Waals surface area contributed by atoms with Crippen molar-refractivity contribution in [3.05, 3.63) is 54.4 Å². The smallest absolute Gasteiger partial charge is 0.239 e. The number of methoxy groups -OCH3 is 1. The van der Waals surface area contributed by atoms with Crippen molar-refractivity contribution in [2.75, 3.05) is 56.7 Å². The van der Waals surface area contributed by atoms with Gasteiger partial charge in [-0.15, -0.1) is 0 Å². The van der Waals surface area contributed by atoms with Gasteiger partial charge in [0.2, 0.25) is 5.88 Å². The third kappa shape index (κ3) is 4.44. The van der Waals surface area contributed by atoms with Crippen LogP contribution in [0.2, 0.25) is 0 Å². The summed E-state index contributed by atoms with van der Waals surface area (Å²) in [6.07, 6.45) is 1.48. The van der Waals surface area contributed by atoms with E-state index in [1.165, 1.54) is 6.33 Å². The second kappa shape index (κ2) is 9.40. The molecule has 0 unspecified atom stereocenters. The third-order valence-electron chi connectivity index (χ3n) is 6.07. The molecular weight excluding hydrogens is 418 g/mol. The number of nitriles is 1. The quantitative estimate of drug-likeness (QED) is 0.616. The van der Waals surface area contributed by atoms with Gasteiger partial charge in [0.15, 0.2) is 0 Å². The molecule has 5 rings (SSSR count). The number of piperazine rings is 1. The van der Waals surface area contributed by atoms with Gasteiger partial charge in [-0.3, -0.25) is 4.90 Å². The lowest BCUT2D eigenvalue weighted by molar-refractivity contribution is -0.0660. The van der Waals surface area contributed by atoms with Crippen molar-refractivity contribution in [1.29, 1.82) is 5.26 Å². The van der Waals surface area contributed by atoms with Crippen LogP contribution in [0, 0.1) is 11.3 Å². The molecule has 4 heterocycles. The van der Waals surface area contributed by atoms with Gasteiger partial charge >= 0.3 is 0 Å². The van der Waals surface area contributed by atoms with Crippen LogP contribution in [0.3, 0.4) is 0 Å². The highest BCUT2D eigenvalue weighted by Gasteiger charge is 2.29. The Bertz CT molecular complexity index is 1170. The molecule has 33 heavy (non-hydrogen) atoms. The summed E-state index contributed by atoms with van der Waals surface area (Å²) >= 11 is 0. The fourth-order valence-corrected chi connectivity index (χ4v) is 4.16. The molecular formula is C24H25N7O2. The zero-order chi connectivity index (χ0) is 22.6. The third-order valence-corrected chi connectivity index (χ3v) is 6.07. The molecule has 168 valence electrons. The van der Waals surface area contributed by atoms with Gasteiger partial charge < -0.3 is 19.7 Å². The van der Waals surface area contributed by atoms with E-state index < -0.39 is 0 Å². The van der Waals surface area contributed by atoms with Crippen LogP contribution in [0.1, 0.15) is 5.56 Å². The molecule has 1 N–H and O–H groups in total. The van der Waals surface area contributed by atoms with E-state index in [9.17, 15) is 5.26 Å². The first-order valence-electron chi connectivity index (χ1n) is 11.0. The predicted molar refractivity (Wildman–Crippen MR) is 125 cm³/mol. The highest BCUT2D eigenvalue weighted by atomic mass is 16.5. The number of aromatic nitrogens is 3. The van der Waals surface area contributed by atoms with Crippen molar-refractivity contribution in [2.24, 2.45) is 0 Å². The summed E-state index contributed by atoms with van der Waals surface area (Å²) in [5.41, 5.74) is 2.98. The van der Waals surface area contributed by atoms with Crippen molar-refractivity contribution < 1.29 is 9.47 Å². The Labute approximate surface area is 192 Å². The fraction of sp³-hybridized carbons (Fsp3) is 0.333. The first-order valence-corrected chi connectivity index (χ1v) is 11.0. The van der Waals surface area contributed by atoms with Crippen molar-refractivity contribution in [1.82, 2.24) is 19.9 Å². The van der Waals surface area contributed by atoms with Gasteiger partial charge in [-0.2, -0.15) is 10.2 Å². The van der Waals surface area contributed by atoms with Crippen molar-refractivity contribution in [3.63, 3.8) is 0 Å². The minimum atomic E-state index is 0.566. The molecule has 0 atom stereocenters. The number of nitrogens with zero attached hydrogens (tertiary/aromatic N) is 6. The van der Waals surface area contributed by atoms with E-state index in [0.29, 0.717) is 34.8 Å². The van der Waals surface area contributed by atoms with Crippen LogP contribution >= 0.6 is 0 Å². The summed E-state index contributed by atoms with van der Waals surface area (Å²) in [7, 11) is 1.64. The van der Waals surface area contributed by atoms with E-state index in [4.69, 9.17) is 9.47 Å². The van der Waals surface area contributed by atoms with Crippen molar-refractivity contribution in [3.8, 4) is 23.2 Å². The largest absolute Gasteiger partial charge is 0.479 e. The van der Waals surface area contributed by atoms with E-state index in [0.717, 1.165) is 50.6 Å². The summed E-state index contributed by atoms with van der Waals surface area (Å²) in [6, 6.07) is 15.9. The van der Waals surface area contributed by atoms with Crippen LogP contribution in [-0.2, 0) is 4.74 Å². The van der Waals surface area contributed by atoms with E-state index >= 15 is 0 Å². The predicted octanol–water partition coefficient (Wildman–Crippen LogP) is 2.68. The Morgan fingerprint density at radius 2 is 1.88 bits per heavy atom. The Kier molecular flexibility index (Phi) is 6.02.